The summed E-state index contributed by atoms with van der Waals surface area (Å²) in [7, 11) is 0. The number of nitrogens with one attached hydrogen (secondary N) is 1. The molecule has 2 rings (SSSR count). The maximum absolute atomic E-state index is 5.61. The van der Waals surface area contributed by atoms with E-state index in [9.17, 15) is 0 Å². The van der Waals surface area contributed by atoms with Crippen LogP contribution in [0.25, 0.3) is 0 Å². The van der Waals surface area contributed by atoms with Gasteiger partial charge in [-0.1, -0.05) is 37.6 Å². The number of hydrogen-bond donors (Lipinski definition) is 1. The normalized spacial score (nSPS) is 18.0. The quantitative estimate of drug-likeness (QED) is 0.757. The molecule has 0 heterocycles. The van der Waals surface area contributed by atoms with Gasteiger partial charge >= 0.3 is 0 Å². The van der Waals surface area contributed by atoms with E-state index in [-0.39, 0.29) is 0 Å². The third-order valence-electron chi connectivity index (χ3n) is 3.69. The molecular weight excluding hydrogens is 234 g/mol. The zero-order chi connectivity index (χ0) is 13.7. The molecule has 2 nitrogen and oxygen atoms in total. The van der Waals surface area contributed by atoms with Crippen molar-refractivity contribution in [3.63, 3.8) is 0 Å². The van der Waals surface area contributed by atoms with E-state index in [2.05, 4.69) is 44.3 Å². The molecule has 0 fully saturated rings. The maximum Gasteiger partial charge on any atom is 0.0489 e. The number of rotatable bonds is 7. The van der Waals surface area contributed by atoms with Gasteiger partial charge < -0.3 is 10.1 Å². The van der Waals surface area contributed by atoms with E-state index in [0.29, 0.717) is 12.0 Å². The highest BCUT2D eigenvalue weighted by atomic mass is 16.5. The Labute approximate surface area is 117 Å². The fourth-order valence-electron chi connectivity index (χ4n) is 2.70. The van der Waals surface area contributed by atoms with Crippen molar-refractivity contribution in [1.82, 2.24) is 5.32 Å². The molecule has 1 aromatic carbocycles. The molecule has 0 aliphatic heterocycles. The highest BCUT2D eigenvalue weighted by Gasteiger charge is 2.21. The Morgan fingerprint density at radius 2 is 2.21 bits per heavy atom. The minimum atomic E-state index is 0.556. The smallest absolute Gasteiger partial charge is 0.0489 e. The zero-order valence-electron chi connectivity index (χ0n) is 12.5. The Balaban J connectivity index is 1.70. The molecule has 1 aromatic rings. The summed E-state index contributed by atoms with van der Waals surface area (Å²) in [5.74, 6) is 0.637. The fourth-order valence-corrected chi connectivity index (χ4v) is 2.70. The summed E-state index contributed by atoms with van der Waals surface area (Å²) in [6.07, 6.45) is 3.56. The molecule has 0 saturated heterocycles. The number of ether oxygens (including phenoxy) is 1. The van der Waals surface area contributed by atoms with E-state index in [1.54, 1.807) is 0 Å². The van der Waals surface area contributed by atoms with Crippen molar-refractivity contribution in [2.75, 3.05) is 19.8 Å². The van der Waals surface area contributed by atoms with Gasteiger partial charge in [0.15, 0.2) is 0 Å². The summed E-state index contributed by atoms with van der Waals surface area (Å²) in [5, 5.41) is 3.67. The second-order valence-electron chi connectivity index (χ2n) is 6.07. The first kappa shape index (κ1) is 14.5. The van der Waals surface area contributed by atoms with Crippen molar-refractivity contribution >= 4 is 0 Å². The second kappa shape index (κ2) is 7.06. The van der Waals surface area contributed by atoms with Crippen LogP contribution in [-0.2, 0) is 11.2 Å². The van der Waals surface area contributed by atoms with Crippen LogP contribution in [0.4, 0.5) is 0 Å². The highest BCUT2D eigenvalue weighted by Crippen LogP contribution is 2.31. The van der Waals surface area contributed by atoms with Gasteiger partial charge in [0.05, 0.1) is 0 Å². The molecular formula is C17H27NO. The number of fused-ring (bicyclic) bond motifs is 1. The maximum atomic E-state index is 5.61. The Bertz CT molecular complexity index is 400. The Kier molecular flexibility index (Phi) is 5.41. The van der Waals surface area contributed by atoms with E-state index in [0.717, 1.165) is 26.2 Å². The summed E-state index contributed by atoms with van der Waals surface area (Å²) in [6, 6.07) is 7.41. The fraction of sp³-hybridized carbons (Fsp3) is 0.647. The first-order valence-electron chi connectivity index (χ1n) is 7.57. The van der Waals surface area contributed by atoms with Gasteiger partial charge in [-0.2, -0.15) is 0 Å². The van der Waals surface area contributed by atoms with Crippen LogP contribution in [0.5, 0.6) is 0 Å². The minimum absolute atomic E-state index is 0.556. The van der Waals surface area contributed by atoms with E-state index in [4.69, 9.17) is 4.74 Å². The molecule has 1 unspecified atom stereocenters. The van der Waals surface area contributed by atoms with Gasteiger partial charge in [-0.05, 0) is 49.8 Å². The third-order valence-corrected chi connectivity index (χ3v) is 3.69. The molecule has 0 bridgehead atoms. The summed E-state index contributed by atoms with van der Waals surface area (Å²) < 4.78 is 5.61. The van der Waals surface area contributed by atoms with Gasteiger partial charge in [0.25, 0.3) is 0 Å². The van der Waals surface area contributed by atoms with E-state index in [1.807, 2.05) is 0 Å². The molecule has 0 radical (unpaired) electrons. The molecule has 1 N–H and O–H groups in total. The monoisotopic (exact) mass is 261 g/mol. The van der Waals surface area contributed by atoms with Crippen LogP contribution in [0.2, 0.25) is 0 Å². The lowest BCUT2D eigenvalue weighted by atomic mass is 10.1. The average molecular weight is 261 g/mol. The van der Waals surface area contributed by atoms with Crippen molar-refractivity contribution in [2.45, 2.75) is 46.1 Å². The summed E-state index contributed by atoms with van der Waals surface area (Å²) in [5.41, 5.74) is 4.41. The van der Waals surface area contributed by atoms with Crippen molar-refractivity contribution in [3.8, 4) is 0 Å². The summed E-state index contributed by atoms with van der Waals surface area (Å²) >= 11 is 0. The van der Waals surface area contributed by atoms with Crippen molar-refractivity contribution in [1.29, 1.82) is 0 Å². The Hall–Kier alpha value is -0.860. The average Bonchev–Trinajstić information content (AvgIpc) is 2.76. The SMILES string of the molecule is Cc1ccc2c(c1)C(NCCCOCC(C)C)CC2. The topological polar surface area (TPSA) is 21.3 Å². The summed E-state index contributed by atoms with van der Waals surface area (Å²) in [6.45, 7) is 9.36. The molecule has 1 aliphatic carbocycles. The molecule has 1 atom stereocenters. The molecule has 19 heavy (non-hydrogen) atoms. The van der Waals surface area contributed by atoms with Gasteiger partial charge in [-0.3, -0.25) is 0 Å². The van der Waals surface area contributed by atoms with Crippen LogP contribution in [0, 0.1) is 12.8 Å². The Morgan fingerprint density at radius 3 is 3.00 bits per heavy atom. The number of hydrogen-bond acceptors (Lipinski definition) is 2. The van der Waals surface area contributed by atoms with E-state index < -0.39 is 0 Å². The van der Waals surface area contributed by atoms with Gasteiger partial charge in [0.2, 0.25) is 0 Å². The molecule has 0 saturated carbocycles. The van der Waals surface area contributed by atoms with Crippen LogP contribution in [0.3, 0.4) is 0 Å². The molecule has 0 aromatic heterocycles. The lowest BCUT2D eigenvalue weighted by Gasteiger charge is -2.15. The number of benzene rings is 1. The lowest BCUT2D eigenvalue weighted by Crippen LogP contribution is -2.21. The molecule has 1 aliphatic rings. The predicted octanol–water partition coefficient (Wildman–Crippen LogP) is 3.63. The van der Waals surface area contributed by atoms with Gasteiger partial charge in [-0.15, -0.1) is 0 Å². The highest BCUT2D eigenvalue weighted by molar-refractivity contribution is 5.37. The molecule has 0 spiro atoms. The van der Waals surface area contributed by atoms with Crippen molar-refractivity contribution in [3.05, 3.63) is 34.9 Å². The van der Waals surface area contributed by atoms with Crippen LogP contribution < -0.4 is 5.32 Å². The largest absolute Gasteiger partial charge is 0.381 e. The standard InChI is InChI=1S/C17H27NO/c1-13(2)12-19-10-4-9-18-17-8-7-15-6-5-14(3)11-16(15)17/h5-6,11,13,17-18H,4,7-10,12H2,1-3H3. The predicted molar refractivity (Wildman–Crippen MR) is 80.5 cm³/mol. The van der Waals surface area contributed by atoms with Crippen LogP contribution >= 0.6 is 0 Å². The van der Waals surface area contributed by atoms with Crippen molar-refractivity contribution in [2.24, 2.45) is 5.92 Å². The van der Waals surface area contributed by atoms with E-state index >= 15 is 0 Å². The zero-order valence-corrected chi connectivity index (χ0v) is 12.5. The van der Waals surface area contributed by atoms with Crippen LogP contribution in [-0.4, -0.2) is 19.8 Å². The summed E-state index contributed by atoms with van der Waals surface area (Å²) in [4.78, 5) is 0. The van der Waals surface area contributed by atoms with Gasteiger partial charge in [0, 0.05) is 19.3 Å². The second-order valence-corrected chi connectivity index (χ2v) is 6.07. The minimum Gasteiger partial charge on any atom is -0.381 e. The number of aryl methyl sites for hydroxylation is 2. The first-order chi connectivity index (χ1) is 9.16. The van der Waals surface area contributed by atoms with Gasteiger partial charge in [-0.25, -0.2) is 0 Å². The Morgan fingerprint density at radius 1 is 1.37 bits per heavy atom. The lowest BCUT2D eigenvalue weighted by molar-refractivity contribution is 0.107. The van der Waals surface area contributed by atoms with Gasteiger partial charge in [0.1, 0.15) is 0 Å². The van der Waals surface area contributed by atoms with E-state index in [1.165, 1.54) is 29.5 Å². The molecule has 106 valence electrons. The first-order valence-corrected chi connectivity index (χ1v) is 7.57. The molecule has 0 amide bonds. The molecule has 2 heteroatoms. The van der Waals surface area contributed by atoms with Crippen molar-refractivity contribution < 1.29 is 4.74 Å². The van der Waals surface area contributed by atoms with Crippen LogP contribution in [0.15, 0.2) is 18.2 Å². The van der Waals surface area contributed by atoms with Crippen LogP contribution in [0.1, 0.15) is 49.4 Å². The third kappa shape index (κ3) is 4.32.